The lowest BCUT2D eigenvalue weighted by Crippen LogP contribution is -2.10. The molecule has 0 unspecified atom stereocenters. The molecular formula is C14H11N3O. The second kappa shape index (κ2) is 4.00. The fraction of sp³-hybridized carbons (Fsp3) is 0. The van der Waals surface area contributed by atoms with Crippen LogP contribution >= 0.6 is 0 Å². The highest BCUT2D eigenvalue weighted by molar-refractivity contribution is 5.95. The molecule has 3 aromatic rings. The first kappa shape index (κ1) is 10.5. The molecule has 2 aromatic carbocycles. The number of nitrogens with two attached hydrogens (primary N) is 1. The number of benzene rings is 2. The lowest BCUT2D eigenvalue weighted by atomic mass is 10.0. The summed E-state index contributed by atoms with van der Waals surface area (Å²) in [7, 11) is 0. The zero-order chi connectivity index (χ0) is 12.5. The lowest BCUT2D eigenvalue weighted by molar-refractivity contribution is 1.14. The summed E-state index contributed by atoms with van der Waals surface area (Å²) in [5.41, 5.74) is 6.83. The van der Waals surface area contributed by atoms with Crippen molar-refractivity contribution in [3.05, 3.63) is 58.9 Å². The van der Waals surface area contributed by atoms with Crippen molar-refractivity contribution in [3.63, 3.8) is 0 Å². The predicted octanol–water partition coefficient (Wildman–Crippen LogP) is 2.17. The summed E-state index contributed by atoms with van der Waals surface area (Å²) in [6, 6.07) is 15.3. The number of hydrogen-bond acceptors (Lipinski definition) is 3. The van der Waals surface area contributed by atoms with Crippen molar-refractivity contribution in [2.24, 2.45) is 0 Å². The highest BCUT2D eigenvalue weighted by Crippen LogP contribution is 2.26. The highest BCUT2D eigenvalue weighted by Gasteiger charge is 2.06. The molecule has 1 aromatic heterocycles. The minimum Gasteiger partial charge on any atom is -0.369 e. The molecule has 1 heterocycles. The molecule has 18 heavy (non-hydrogen) atoms. The van der Waals surface area contributed by atoms with Crippen LogP contribution in [0.4, 0.5) is 5.95 Å². The van der Waals surface area contributed by atoms with Gasteiger partial charge in [0.25, 0.3) is 5.56 Å². The molecule has 3 rings (SSSR count). The molecular weight excluding hydrogens is 226 g/mol. The molecule has 0 aliphatic carbocycles. The lowest BCUT2D eigenvalue weighted by Gasteiger charge is -2.06. The Balaban J connectivity index is 2.34. The van der Waals surface area contributed by atoms with Gasteiger partial charge in [0, 0.05) is 11.6 Å². The van der Waals surface area contributed by atoms with E-state index in [-0.39, 0.29) is 11.5 Å². The van der Waals surface area contributed by atoms with E-state index in [0.29, 0.717) is 5.69 Å². The second-order valence-corrected chi connectivity index (χ2v) is 4.04. The van der Waals surface area contributed by atoms with Gasteiger partial charge in [0.15, 0.2) is 0 Å². The molecule has 0 atom stereocenters. The average Bonchev–Trinajstić information content (AvgIpc) is 2.37. The maximum absolute atomic E-state index is 11.4. The van der Waals surface area contributed by atoms with E-state index in [1.165, 1.54) is 6.07 Å². The summed E-state index contributed by atoms with van der Waals surface area (Å²) in [5.74, 6) is 0.130. The molecule has 0 saturated heterocycles. The van der Waals surface area contributed by atoms with Crippen molar-refractivity contribution < 1.29 is 0 Å². The van der Waals surface area contributed by atoms with Gasteiger partial charge in [-0.15, -0.1) is 0 Å². The van der Waals surface area contributed by atoms with Crippen LogP contribution in [-0.4, -0.2) is 9.97 Å². The molecule has 0 aliphatic rings. The van der Waals surface area contributed by atoms with Crippen LogP contribution in [-0.2, 0) is 0 Å². The Morgan fingerprint density at radius 1 is 1.06 bits per heavy atom. The fourth-order valence-corrected chi connectivity index (χ4v) is 2.06. The van der Waals surface area contributed by atoms with E-state index >= 15 is 0 Å². The summed E-state index contributed by atoms with van der Waals surface area (Å²) in [4.78, 5) is 18.1. The standard InChI is InChI=1S/C14H11N3O/c15-14-16-12(8-13(18)17-14)11-7-3-5-9-4-1-2-6-10(9)11/h1-8H,(H3,15,16,17,18). The molecule has 0 bridgehead atoms. The Hall–Kier alpha value is -2.62. The van der Waals surface area contributed by atoms with Crippen molar-refractivity contribution in [3.8, 4) is 11.3 Å². The van der Waals surface area contributed by atoms with Crippen molar-refractivity contribution >= 4 is 16.7 Å². The Bertz CT molecular complexity index is 772. The fourth-order valence-electron chi connectivity index (χ4n) is 2.06. The third kappa shape index (κ3) is 1.73. The van der Waals surface area contributed by atoms with Gasteiger partial charge in [0.1, 0.15) is 0 Å². The van der Waals surface area contributed by atoms with Crippen molar-refractivity contribution in [1.82, 2.24) is 9.97 Å². The van der Waals surface area contributed by atoms with Gasteiger partial charge in [-0.25, -0.2) is 4.98 Å². The van der Waals surface area contributed by atoms with E-state index in [4.69, 9.17) is 5.73 Å². The molecule has 4 nitrogen and oxygen atoms in total. The van der Waals surface area contributed by atoms with Crippen LogP contribution in [0.3, 0.4) is 0 Å². The van der Waals surface area contributed by atoms with Gasteiger partial charge >= 0.3 is 0 Å². The van der Waals surface area contributed by atoms with Crippen LogP contribution in [0.5, 0.6) is 0 Å². The van der Waals surface area contributed by atoms with Gasteiger partial charge < -0.3 is 5.73 Å². The number of anilines is 1. The molecule has 0 spiro atoms. The second-order valence-electron chi connectivity index (χ2n) is 4.04. The number of hydrogen-bond donors (Lipinski definition) is 2. The Labute approximate surface area is 103 Å². The van der Waals surface area contributed by atoms with E-state index in [2.05, 4.69) is 9.97 Å². The number of aromatic nitrogens is 2. The van der Waals surface area contributed by atoms with E-state index in [0.717, 1.165) is 16.3 Å². The first-order valence-electron chi connectivity index (χ1n) is 5.59. The average molecular weight is 237 g/mol. The summed E-state index contributed by atoms with van der Waals surface area (Å²) in [5, 5.41) is 2.16. The minimum absolute atomic E-state index is 0.130. The normalized spacial score (nSPS) is 10.7. The van der Waals surface area contributed by atoms with Crippen LogP contribution in [0, 0.1) is 0 Å². The van der Waals surface area contributed by atoms with Crippen LogP contribution in [0.15, 0.2) is 53.3 Å². The first-order valence-corrected chi connectivity index (χ1v) is 5.59. The van der Waals surface area contributed by atoms with Gasteiger partial charge in [-0.2, -0.15) is 0 Å². The molecule has 0 saturated carbocycles. The van der Waals surface area contributed by atoms with Crippen molar-refractivity contribution in [2.75, 3.05) is 5.73 Å². The zero-order valence-electron chi connectivity index (χ0n) is 9.55. The zero-order valence-corrected chi connectivity index (χ0v) is 9.55. The van der Waals surface area contributed by atoms with Crippen LogP contribution in [0.2, 0.25) is 0 Å². The van der Waals surface area contributed by atoms with Gasteiger partial charge in [0.2, 0.25) is 5.95 Å². The number of aromatic amines is 1. The molecule has 0 fully saturated rings. The summed E-state index contributed by atoms with van der Waals surface area (Å²) >= 11 is 0. The van der Waals surface area contributed by atoms with E-state index < -0.39 is 0 Å². The third-order valence-electron chi connectivity index (χ3n) is 2.83. The first-order chi connectivity index (χ1) is 8.74. The number of nitrogens with zero attached hydrogens (tertiary/aromatic N) is 1. The van der Waals surface area contributed by atoms with Gasteiger partial charge in [-0.1, -0.05) is 42.5 Å². The third-order valence-corrected chi connectivity index (χ3v) is 2.83. The van der Waals surface area contributed by atoms with Crippen molar-refractivity contribution in [1.29, 1.82) is 0 Å². The number of rotatable bonds is 1. The molecule has 0 aliphatic heterocycles. The number of nitrogen functional groups attached to an aromatic ring is 1. The van der Waals surface area contributed by atoms with Gasteiger partial charge in [-0.05, 0) is 10.8 Å². The SMILES string of the molecule is Nc1nc(-c2cccc3ccccc23)cc(=O)[nH]1. The highest BCUT2D eigenvalue weighted by atomic mass is 16.1. The molecule has 0 radical (unpaired) electrons. The van der Waals surface area contributed by atoms with Crippen LogP contribution in [0.25, 0.3) is 22.0 Å². The van der Waals surface area contributed by atoms with Crippen molar-refractivity contribution in [2.45, 2.75) is 0 Å². The van der Waals surface area contributed by atoms with Crippen LogP contribution in [0.1, 0.15) is 0 Å². The molecule has 3 N–H and O–H groups in total. The number of fused-ring (bicyclic) bond motifs is 1. The Morgan fingerprint density at radius 2 is 1.83 bits per heavy atom. The summed E-state index contributed by atoms with van der Waals surface area (Å²) in [6.45, 7) is 0. The number of nitrogens with one attached hydrogen (secondary N) is 1. The maximum atomic E-state index is 11.4. The monoisotopic (exact) mass is 237 g/mol. The summed E-state index contributed by atoms with van der Waals surface area (Å²) in [6.07, 6.45) is 0. The minimum atomic E-state index is -0.245. The summed E-state index contributed by atoms with van der Waals surface area (Å²) < 4.78 is 0. The maximum Gasteiger partial charge on any atom is 0.252 e. The quantitative estimate of drug-likeness (QED) is 0.681. The molecule has 0 amide bonds. The largest absolute Gasteiger partial charge is 0.369 e. The number of H-pyrrole nitrogens is 1. The van der Waals surface area contributed by atoms with Gasteiger partial charge in [-0.3, -0.25) is 9.78 Å². The van der Waals surface area contributed by atoms with Crippen LogP contribution < -0.4 is 11.3 Å². The van der Waals surface area contributed by atoms with Gasteiger partial charge in [0.05, 0.1) is 5.69 Å². The Kier molecular flexibility index (Phi) is 2.34. The Morgan fingerprint density at radius 3 is 2.67 bits per heavy atom. The van der Waals surface area contributed by atoms with E-state index in [1.54, 1.807) is 0 Å². The smallest absolute Gasteiger partial charge is 0.252 e. The topological polar surface area (TPSA) is 71.8 Å². The van der Waals surface area contributed by atoms with E-state index in [1.807, 2.05) is 42.5 Å². The molecule has 88 valence electrons. The predicted molar refractivity (Wildman–Crippen MR) is 72.2 cm³/mol. The van der Waals surface area contributed by atoms with E-state index in [9.17, 15) is 4.79 Å². The molecule has 4 heteroatoms.